The van der Waals surface area contributed by atoms with Gasteiger partial charge in [-0.25, -0.2) is 4.79 Å². The summed E-state index contributed by atoms with van der Waals surface area (Å²) in [6.45, 7) is 4.86. The third kappa shape index (κ3) is 21.9. The largest absolute Gasteiger partial charge is 0.437 e. The first-order chi connectivity index (χ1) is 14.2. The molecule has 0 radical (unpaired) electrons. The van der Waals surface area contributed by atoms with Crippen molar-refractivity contribution < 1.29 is 24.1 Å². The van der Waals surface area contributed by atoms with Crippen LogP contribution in [0.1, 0.15) is 117 Å². The fourth-order valence-corrected chi connectivity index (χ4v) is 3.39. The molecule has 0 saturated carbocycles. The lowest BCUT2D eigenvalue weighted by atomic mass is 10.0. The number of ether oxygens (including phenoxy) is 3. The highest BCUT2D eigenvalue weighted by Crippen LogP contribution is 2.13. The molecule has 0 bridgehead atoms. The maximum atomic E-state index is 11.2. The van der Waals surface area contributed by atoms with E-state index < -0.39 is 18.9 Å². The molecule has 1 atom stereocenters. The average molecular weight is 417 g/mol. The molecule has 0 aromatic heterocycles. The Morgan fingerprint density at radius 2 is 1.14 bits per heavy atom. The lowest BCUT2D eigenvalue weighted by Gasteiger charge is -2.11. The smallest absolute Gasteiger partial charge is 0.337 e. The number of aliphatic hydroxyl groups excluding tert-OH is 1. The molecule has 0 saturated heterocycles. The second-order valence-corrected chi connectivity index (χ2v) is 8.02. The van der Waals surface area contributed by atoms with Crippen LogP contribution in [0.15, 0.2) is 0 Å². The van der Waals surface area contributed by atoms with Crippen LogP contribution in [0.3, 0.4) is 0 Å². The summed E-state index contributed by atoms with van der Waals surface area (Å²) in [5.41, 5.74) is 0. The molecule has 0 aliphatic carbocycles. The van der Waals surface area contributed by atoms with Gasteiger partial charge in [-0.1, -0.05) is 103 Å². The molecule has 0 aromatic carbocycles. The van der Waals surface area contributed by atoms with Crippen molar-refractivity contribution in [2.45, 2.75) is 123 Å². The highest BCUT2D eigenvalue weighted by atomic mass is 16.6. The van der Waals surface area contributed by atoms with Gasteiger partial charge in [0, 0.05) is 6.61 Å². The van der Waals surface area contributed by atoms with Crippen LogP contribution in [0.4, 0.5) is 0 Å². The van der Waals surface area contributed by atoms with Crippen molar-refractivity contribution in [2.24, 2.45) is 0 Å². The standard InChI is InChI=1S/C24H48O5/c1-3-4-5-6-7-8-9-10-11-12-13-14-15-16-17-18-19-27-20-21-28-23(2)24(26)29-22-25/h23,25H,3-22H2,1-2H3. The Hall–Kier alpha value is -0.650. The van der Waals surface area contributed by atoms with Gasteiger partial charge in [0.2, 0.25) is 0 Å². The van der Waals surface area contributed by atoms with E-state index in [1.807, 2.05) is 0 Å². The maximum Gasteiger partial charge on any atom is 0.337 e. The van der Waals surface area contributed by atoms with Crippen LogP contribution < -0.4 is 0 Å². The average Bonchev–Trinajstić information content (AvgIpc) is 2.72. The van der Waals surface area contributed by atoms with E-state index in [9.17, 15) is 4.79 Å². The minimum absolute atomic E-state index is 0.362. The van der Waals surface area contributed by atoms with Crippen molar-refractivity contribution in [1.29, 1.82) is 0 Å². The molecular formula is C24H48O5. The second kappa shape index (κ2) is 23.6. The summed E-state index contributed by atoms with van der Waals surface area (Å²) in [6.07, 6.45) is 21.2. The second-order valence-electron chi connectivity index (χ2n) is 8.02. The van der Waals surface area contributed by atoms with Crippen LogP contribution in [0.5, 0.6) is 0 Å². The lowest BCUT2D eigenvalue weighted by Crippen LogP contribution is -2.25. The first-order valence-electron chi connectivity index (χ1n) is 12.2. The monoisotopic (exact) mass is 416 g/mol. The van der Waals surface area contributed by atoms with Crippen LogP contribution in [0, 0.1) is 0 Å². The normalized spacial score (nSPS) is 12.2. The Bertz CT molecular complexity index is 335. The molecule has 5 nitrogen and oxygen atoms in total. The zero-order valence-electron chi connectivity index (χ0n) is 19.3. The van der Waals surface area contributed by atoms with Crippen molar-refractivity contribution in [3.63, 3.8) is 0 Å². The third-order valence-electron chi connectivity index (χ3n) is 5.28. The van der Waals surface area contributed by atoms with Crippen LogP contribution >= 0.6 is 0 Å². The summed E-state index contributed by atoms with van der Waals surface area (Å²) in [4.78, 5) is 11.2. The molecule has 1 unspecified atom stereocenters. The van der Waals surface area contributed by atoms with Crippen LogP contribution in [-0.2, 0) is 19.0 Å². The molecular weight excluding hydrogens is 368 g/mol. The molecule has 0 aliphatic heterocycles. The van der Waals surface area contributed by atoms with E-state index >= 15 is 0 Å². The number of hydrogen-bond donors (Lipinski definition) is 1. The van der Waals surface area contributed by atoms with Gasteiger partial charge in [0.25, 0.3) is 0 Å². The molecule has 0 rings (SSSR count). The van der Waals surface area contributed by atoms with E-state index in [0.29, 0.717) is 13.2 Å². The Morgan fingerprint density at radius 3 is 1.59 bits per heavy atom. The zero-order valence-corrected chi connectivity index (χ0v) is 19.3. The van der Waals surface area contributed by atoms with Gasteiger partial charge in [0.15, 0.2) is 12.9 Å². The fourth-order valence-electron chi connectivity index (χ4n) is 3.39. The van der Waals surface area contributed by atoms with Crippen LogP contribution in [0.2, 0.25) is 0 Å². The summed E-state index contributed by atoms with van der Waals surface area (Å²) < 4.78 is 15.2. The van der Waals surface area contributed by atoms with E-state index in [1.54, 1.807) is 6.92 Å². The van der Waals surface area contributed by atoms with Crippen molar-refractivity contribution >= 4 is 5.97 Å². The molecule has 0 aliphatic rings. The lowest BCUT2D eigenvalue weighted by molar-refractivity contribution is -0.164. The number of rotatable bonds is 23. The molecule has 0 fully saturated rings. The van der Waals surface area contributed by atoms with Gasteiger partial charge in [0.05, 0.1) is 13.2 Å². The van der Waals surface area contributed by atoms with Gasteiger partial charge >= 0.3 is 5.97 Å². The van der Waals surface area contributed by atoms with E-state index in [-0.39, 0.29) is 0 Å². The Labute approximate surface area is 179 Å². The van der Waals surface area contributed by atoms with Crippen LogP contribution in [-0.4, -0.2) is 43.8 Å². The van der Waals surface area contributed by atoms with Crippen molar-refractivity contribution in [1.82, 2.24) is 0 Å². The quantitative estimate of drug-likeness (QED) is 0.123. The minimum atomic E-state index is -0.665. The predicted octanol–water partition coefficient (Wildman–Crippen LogP) is 6.16. The van der Waals surface area contributed by atoms with Crippen LogP contribution in [0.25, 0.3) is 0 Å². The number of carbonyl (C=O) groups is 1. The molecule has 0 aromatic rings. The summed E-state index contributed by atoms with van der Waals surface area (Å²) in [6, 6.07) is 0. The van der Waals surface area contributed by atoms with Crippen molar-refractivity contribution in [3.8, 4) is 0 Å². The summed E-state index contributed by atoms with van der Waals surface area (Å²) in [5.74, 6) is -0.551. The van der Waals surface area contributed by atoms with Gasteiger partial charge in [-0.2, -0.15) is 0 Å². The fraction of sp³-hybridized carbons (Fsp3) is 0.958. The van der Waals surface area contributed by atoms with Gasteiger partial charge in [-0.15, -0.1) is 0 Å². The number of carbonyl (C=O) groups excluding carboxylic acids is 1. The molecule has 5 heteroatoms. The number of unbranched alkanes of at least 4 members (excludes halogenated alkanes) is 15. The van der Waals surface area contributed by atoms with E-state index in [2.05, 4.69) is 11.7 Å². The van der Waals surface area contributed by atoms with Crippen molar-refractivity contribution in [3.05, 3.63) is 0 Å². The highest BCUT2D eigenvalue weighted by Gasteiger charge is 2.13. The predicted molar refractivity (Wildman–Crippen MR) is 119 cm³/mol. The Kier molecular flexibility index (Phi) is 23.1. The topological polar surface area (TPSA) is 65.0 Å². The van der Waals surface area contributed by atoms with E-state index in [1.165, 1.54) is 96.3 Å². The summed E-state index contributed by atoms with van der Waals surface area (Å²) in [7, 11) is 0. The molecule has 0 heterocycles. The number of hydrogen-bond acceptors (Lipinski definition) is 5. The molecule has 29 heavy (non-hydrogen) atoms. The maximum absolute atomic E-state index is 11.2. The van der Waals surface area contributed by atoms with Gasteiger partial charge in [0.1, 0.15) is 0 Å². The van der Waals surface area contributed by atoms with Gasteiger partial charge in [-0.3, -0.25) is 0 Å². The number of esters is 1. The first-order valence-corrected chi connectivity index (χ1v) is 12.2. The first kappa shape index (κ1) is 28.4. The van der Waals surface area contributed by atoms with E-state index in [4.69, 9.17) is 14.6 Å². The van der Waals surface area contributed by atoms with E-state index in [0.717, 1.165) is 13.0 Å². The highest BCUT2D eigenvalue weighted by molar-refractivity contribution is 5.74. The molecule has 0 amide bonds. The van der Waals surface area contributed by atoms with Gasteiger partial charge in [-0.05, 0) is 13.3 Å². The molecule has 0 spiro atoms. The molecule has 1 N–H and O–H groups in total. The Morgan fingerprint density at radius 1 is 0.690 bits per heavy atom. The number of aliphatic hydroxyl groups is 1. The van der Waals surface area contributed by atoms with Gasteiger partial charge < -0.3 is 19.3 Å². The minimum Gasteiger partial charge on any atom is -0.437 e. The Balaban J connectivity index is 3.11. The molecule has 174 valence electrons. The van der Waals surface area contributed by atoms with Crippen molar-refractivity contribution in [2.75, 3.05) is 26.6 Å². The summed E-state index contributed by atoms with van der Waals surface area (Å²) in [5, 5.41) is 8.50. The third-order valence-corrected chi connectivity index (χ3v) is 5.28. The SMILES string of the molecule is CCCCCCCCCCCCCCCCCCOCCOC(C)C(=O)OCO. The zero-order chi connectivity index (χ0) is 21.4. The summed E-state index contributed by atoms with van der Waals surface area (Å²) >= 11 is 0.